The number of methoxy groups -OCH3 is 1. The molecule has 38 heavy (non-hydrogen) atoms. The van der Waals surface area contributed by atoms with Crippen LogP contribution in [-0.2, 0) is 22.1 Å². The maximum atomic E-state index is 13.2. The number of nitro benzene ring substituents is 1. The molecule has 2 aromatic carbocycles. The minimum absolute atomic E-state index is 0.00514. The zero-order valence-electron chi connectivity index (χ0n) is 20.0. The van der Waals surface area contributed by atoms with Crippen LogP contribution in [0.15, 0.2) is 53.1 Å². The Hall–Kier alpha value is -3.55. The number of anilines is 1. The van der Waals surface area contributed by atoms with Gasteiger partial charge in [-0.3, -0.25) is 19.9 Å². The molecule has 2 heterocycles. The SMILES string of the molecule is COCCOCOc1ccc(N2CCc3cc(-c4ccc(C(F)(F)F)cc4Br)ncc3C2=O)cc1[N+](=O)[O-]. The second kappa shape index (κ2) is 11.5. The lowest BCUT2D eigenvalue weighted by atomic mass is 9.97. The van der Waals surface area contributed by atoms with E-state index in [9.17, 15) is 28.1 Å². The van der Waals surface area contributed by atoms with Crippen molar-refractivity contribution in [1.82, 2.24) is 4.98 Å². The monoisotopic (exact) mass is 595 g/mol. The highest BCUT2D eigenvalue weighted by Gasteiger charge is 2.32. The lowest BCUT2D eigenvalue weighted by molar-refractivity contribution is -0.386. The predicted octanol–water partition coefficient (Wildman–Crippen LogP) is 5.64. The van der Waals surface area contributed by atoms with Gasteiger partial charge in [-0.2, -0.15) is 13.2 Å². The molecule has 0 N–H and O–H groups in total. The summed E-state index contributed by atoms with van der Waals surface area (Å²) < 4.78 is 54.6. The van der Waals surface area contributed by atoms with Crippen LogP contribution in [0, 0.1) is 10.1 Å². The minimum atomic E-state index is -4.47. The summed E-state index contributed by atoms with van der Waals surface area (Å²) in [6.07, 6.45) is -2.70. The molecule has 0 atom stereocenters. The molecule has 0 radical (unpaired) electrons. The summed E-state index contributed by atoms with van der Waals surface area (Å²) in [5.74, 6) is -0.405. The average Bonchev–Trinajstić information content (AvgIpc) is 2.88. The van der Waals surface area contributed by atoms with Crippen LogP contribution in [0.3, 0.4) is 0 Å². The molecule has 9 nitrogen and oxygen atoms in total. The van der Waals surface area contributed by atoms with Gasteiger partial charge < -0.3 is 19.1 Å². The van der Waals surface area contributed by atoms with E-state index >= 15 is 0 Å². The number of nitrogens with zero attached hydrogens (tertiary/aromatic N) is 3. The molecule has 1 amide bonds. The first-order valence-electron chi connectivity index (χ1n) is 11.3. The molecule has 1 aliphatic rings. The summed E-state index contributed by atoms with van der Waals surface area (Å²) in [4.78, 5) is 30.0. The van der Waals surface area contributed by atoms with Crippen LogP contribution in [0.25, 0.3) is 11.3 Å². The summed E-state index contributed by atoms with van der Waals surface area (Å²) in [6.45, 7) is 0.639. The van der Waals surface area contributed by atoms with E-state index in [1.807, 2.05) is 0 Å². The zero-order valence-corrected chi connectivity index (χ0v) is 21.5. The second-order valence-corrected chi connectivity index (χ2v) is 9.05. The average molecular weight is 596 g/mol. The van der Waals surface area contributed by atoms with Crippen LogP contribution in [0.5, 0.6) is 5.75 Å². The summed E-state index contributed by atoms with van der Waals surface area (Å²) >= 11 is 3.18. The number of nitro groups is 1. The van der Waals surface area contributed by atoms with Crippen molar-refractivity contribution in [1.29, 1.82) is 0 Å². The van der Waals surface area contributed by atoms with Crippen molar-refractivity contribution < 1.29 is 37.1 Å². The number of ether oxygens (including phenoxy) is 3. The molecule has 0 aliphatic carbocycles. The molecule has 3 aromatic rings. The topological polar surface area (TPSA) is 104 Å². The smallest absolute Gasteiger partial charge is 0.416 e. The van der Waals surface area contributed by atoms with Crippen molar-refractivity contribution >= 4 is 33.2 Å². The van der Waals surface area contributed by atoms with Gasteiger partial charge >= 0.3 is 11.9 Å². The maximum Gasteiger partial charge on any atom is 0.416 e. The molecule has 0 bridgehead atoms. The van der Waals surface area contributed by atoms with Gasteiger partial charge in [-0.25, -0.2) is 0 Å². The number of carbonyl (C=O) groups is 1. The Kier molecular flexibility index (Phi) is 8.29. The highest BCUT2D eigenvalue weighted by atomic mass is 79.9. The Morgan fingerprint density at radius 3 is 2.61 bits per heavy atom. The fourth-order valence-electron chi connectivity index (χ4n) is 3.91. The number of carbonyl (C=O) groups excluding carboxylic acids is 1. The molecule has 0 saturated heterocycles. The number of benzene rings is 2. The maximum absolute atomic E-state index is 13.2. The Morgan fingerprint density at radius 2 is 1.92 bits per heavy atom. The fourth-order valence-corrected chi connectivity index (χ4v) is 4.50. The third kappa shape index (κ3) is 5.95. The van der Waals surface area contributed by atoms with Crippen molar-refractivity contribution in [2.24, 2.45) is 0 Å². The molecule has 1 aromatic heterocycles. The lowest BCUT2D eigenvalue weighted by Gasteiger charge is -2.28. The highest BCUT2D eigenvalue weighted by Crippen LogP contribution is 2.37. The number of alkyl halides is 3. The van der Waals surface area contributed by atoms with Gasteiger partial charge in [0.1, 0.15) is 0 Å². The van der Waals surface area contributed by atoms with Crippen LogP contribution in [0.2, 0.25) is 0 Å². The van der Waals surface area contributed by atoms with E-state index in [0.717, 1.165) is 12.1 Å². The summed E-state index contributed by atoms with van der Waals surface area (Å²) in [7, 11) is 1.52. The van der Waals surface area contributed by atoms with Crippen LogP contribution in [0.4, 0.5) is 24.5 Å². The Labute approximate surface area is 223 Å². The molecule has 1 aliphatic heterocycles. The largest absolute Gasteiger partial charge is 0.460 e. The third-order valence-electron chi connectivity index (χ3n) is 5.82. The number of hydrogen-bond donors (Lipinski definition) is 0. The van der Waals surface area contributed by atoms with Crippen molar-refractivity contribution in [2.45, 2.75) is 12.6 Å². The van der Waals surface area contributed by atoms with E-state index in [1.54, 1.807) is 12.1 Å². The summed E-state index contributed by atoms with van der Waals surface area (Å²) in [5.41, 5.74) is 1.04. The van der Waals surface area contributed by atoms with E-state index in [-0.39, 0.29) is 35.9 Å². The van der Waals surface area contributed by atoms with Crippen molar-refractivity contribution in [2.75, 3.05) is 38.6 Å². The van der Waals surface area contributed by atoms with E-state index < -0.39 is 22.6 Å². The molecule has 0 fully saturated rings. The first-order valence-corrected chi connectivity index (χ1v) is 12.0. The van der Waals surface area contributed by atoms with Gasteiger partial charge in [0.2, 0.25) is 0 Å². The molecule has 0 saturated carbocycles. The Balaban J connectivity index is 1.55. The normalized spacial score (nSPS) is 13.4. The molecule has 4 rings (SSSR count). The molecule has 13 heteroatoms. The van der Waals surface area contributed by atoms with Crippen LogP contribution in [-0.4, -0.2) is 49.5 Å². The molecule has 0 spiro atoms. The number of pyridine rings is 1. The molecule has 0 unspecified atom stereocenters. The standard InChI is InChI=1S/C25H21BrF3N3O6/c1-36-8-9-37-14-38-23-5-3-17(12-22(23)32(34)35)31-7-6-15-10-21(30-13-19(15)24(31)33)18-4-2-16(11-20(18)26)25(27,28)29/h2-5,10-13H,6-9,14H2,1H3. The first kappa shape index (κ1) is 27.5. The van der Waals surface area contributed by atoms with Crippen molar-refractivity contribution in [3.05, 3.63) is 79.9 Å². The van der Waals surface area contributed by atoms with Gasteiger partial charge in [-0.05, 0) is 42.3 Å². The van der Waals surface area contributed by atoms with Crippen LogP contribution >= 0.6 is 15.9 Å². The minimum Gasteiger partial charge on any atom is -0.460 e. The van der Waals surface area contributed by atoms with Gasteiger partial charge in [0.15, 0.2) is 12.5 Å². The second-order valence-electron chi connectivity index (χ2n) is 8.20. The van der Waals surface area contributed by atoms with Gasteiger partial charge in [0.25, 0.3) is 5.91 Å². The van der Waals surface area contributed by atoms with Crippen LogP contribution in [0.1, 0.15) is 21.5 Å². The third-order valence-corrected chi connectivity index (χ3v) is 6.48. The molecular weight excluding hydrogens is 575 g/mol. The Morgan fingerprint density at radius 1 is 1.13 bits per heavy atom. The van der Waals surface area contributed by atoms with E-state index in [1.165, 1.54) is 36.4 Å². The summed E-state index contributed by atoms with van der Waals surface area (Å²) in [5, 5.41) is 11.6. The predicted molar refractivity (Wildman–Crippen MR) is 134 cm³/mol. The highest BCUT2D eigenvalue weighted by molar-refractivity contribution is 9.10. The van der Waals surface area contributed by atoms with Crippen molar-refractivity contribution in [3.63, 3.8) is 0 Å². The molecular formula is C25H21BrF3N3O6. The lowest BCUT2D eigenvalue weighted by Crippen LogP contribution is -2.37. The number of fused-ring (bicyclic) bond motifs is 1. The number of halogens is 4. The van der Waals surface area contributed by atoms with Crippen molar-refractivity contribution in [3.8, 4) is 17.0 Å². The van der Waals surface area contributed by atoms with Gasteiger partial charge in [-0.1, -0.05) is 22.0 Å². The van der Waals surface area contributed by atoms with Crippen LogP contribution < -0.4 is 9.64 Å². The number of amides is 1. The van der Waals surface area contributed by atoms with Gasteiger partial charge in [-0.15, -0.1) is 0 Å². The number of rotatable bonds is 9. The summed E-state index contributed by atoms with van der Waals surface area (Å²) in [6, 6.07) is 9.15. The number of hydrogen-bond acceptors (Lipinski definition) is 7. The van der Waals surface area contributed by atoms with E-state index in [4.69, 9.17) is 14.2 Å². The fraction of sp³-hybridized carbons (Fsp3) is 0.280. The van der Waals surface area contributed by atoms with Gasteiger partial charge in [0.05, 0.1) is 40.6 Å². The first-order chi connectivity index (χ1) is 18.1. The Bertz CT molecular complexity index is 1370. The van der Waals surface area contributed by atoms with E-state index in [2.05, 4.69) is 20.9 Å². The quantitative estimate of drug-likeness (QED) is 0.136. The zero-order chi connectivity index (χ0) is 27.4. The molecule has 200 valence electrons. The van der Waals surface area contributed by atoms with Gasteiger partial charge in [0, 0.05) is 36.0 Å². The van der Waals surface area contributed by atoms with E-state index in [0.29, 0.717) is 41.1 Å². The number of aromatic nitrogens is 1.